The summed E-state index contributed by atoms with van der Waals surface area (Å²) in [6.07, 6.45) is 1.58. The van der Waals surface area contributed by atoms with Gasteiger partial charge in [0.05, 0.1) is 22.2 Å². The van der Waals surface area contributed by atoms with E-state index in [0.29, 0.717) is 11.7 Å². The van der Waals surface area contributed by atoms with E-state index in [4.69, 9.17) is 4.74 Å². The van der Waals surface area contributed by atoms with Crippen molar-refractivity contribution in [1.29, 1.82) is 0 Å². The second kappa shape index (κ2) is 6.32. The summed E-state index contributed by atoms with van der Waals surface area (Å²) in [7, 11) is 1.65. The van der Waals surface area contributed by atoms with Gasteiger partial charge < -0.3 is 15.4 Å². The van der Waals surface area contributed by atoms with E-state index < -0.39 is 5.41 Å². The quantitative estimate of drug-likeness (QED) is 0.909. The molecule has 1 aliphatic heterocycles. The number of hydrogen-bond donors (Lipinski definition) is 2. The van der Waals surface area contributed by atoms with Crippen LogP contribution in [-0.2, 0) is 9.53 Å². The predicted octanol–water partition coefficient (Wildman–Crippen LogP) is 2.56. The minimum Gasteiger partial charge on any atom is -0.384 e. The zero-order valence-electron chi connectivity index (χ0n) is 12.9. The molecule has 2 N–H and O–H groups in total. The van der Waals surface area contributed by atoms with Crippen molar-refractivity contribution in [3.63, 3.8) is 0 Å². The number of nitrogens with one attached hydrogen (secondary N) is 2. The fourth-order valence-electron chi connectivity index (χ4n) is 2.99. The molecule has 1 amide bonds. The van der Waals surface area contributed by atoms with Gasteiger partial charge in [-0.1, -0.05) is 23.5 Å². The van der Waals surface area contributed by atoms with Crippen LogP contribution >= 0.6 is 11.3 Å². The van der Waals surface area contributed by atoms with Crippen LogP contribution in [0.2, 0.25) is 0 Å². The topological polar surface area (TPSA) is 63.2 Å². The molecule has 0 atom stereocenters. The number of piperidine rings is 1. The van der Waals surface area contributed by atoms with E-state index in [1.54, 1.807) is 7.11 Å². The summed E-state index contributed by atoms with van der Waals surface area (Å²) in [6.45, 7) is 4.17. The van der Waals surface area contributed by atoms with Crippen molar-refractivity contribution in [1.82, 2.24) is 10.3 Å². The number of carbonyl (C=O) groups is 1. The minimum absolute atomic E-state index is 0.0209. The van der Waals surface area contributed by atoms with Crippen molar-refractivity contribution in [3.8, 4) is 0 Å². The zero-order valence-corrected chi connectivity index (χ0v) is 13.8. The molecule has 0 saturated carbocycles. The molecule has 0 spiro atoms. The van der Waals surface area contributed by atoms with Gasteiger partial charge in [0.2, 0.25) is 5.91 Å². The molecule has 1 aromatic heterocycles. The number of benzene rings is 1. The summed E-state index contributed by atoms with van der Waals surface area (Å²) in [5.74, 6) is 0.0209. The largest absolute Gasteiger partial charge is 0.384 e. The summed E-state index contributed by atoms with van der Waals surface area (Å²) in [4.78, 5) is 17.4. The first kappa shape index (κ1) is 15.4. The van der Waals surface area contributed by atoms with Crippen LogP contribution in [0.1, 0.15) is 18.4 Å². The molecule has 0 unspecified atom stereocenters. The summed E-state index contributed by atoms with van der Waals surface area (Å²) in [5, 5.41) is 6.98. The van der Waals surface area contributed by atoms with E-state index >= 15 is 0 Å². The number of rotatable bonds is 4. The Kier molecular flexibility index (Phi) is 4.42. The number of nitrogens with zero attached hydrogens (tertiary/aromatic N) is 1. The van der Waals surface area contributed by atoms with Gasteiger partial charge in [0.1, 0.15) is 0 Å². The lowest BCUT2D eigenvalue weighted by atomic mass is 9.79. The predicted molar refractivity (Wildman–Crippen MR) is 89.4 cm³/mol. The first-order chi connectivity index (χ1) is 10.6. The van der Waals surface area contributed by atoms with Gasteiger partial charge in [-0.05, 0) is 44.5 Å². The van der Waals surface area contributed by atoms with Crippen molar-refractivity contribution in [2.45, 2.75) is 19.8 Å². The zero-order chi connectivity index (χ0) is 15.6. The van der Waals surface area contributed by atoms with Gasteiger partial charge in [-0.25, -0.2) is 4.98 Å². The highest BCUT2D eigenvalue weighted by molar-refractivity contribution is 7.22. The van der Waals surface area contributed by atoms with E-state index in [0.717, 1.165) is 41.7 Å². The number of fused-ring (bicyclic) bond motifs is 1. The number of hydrogen-bond acceptors (Lipinski definition) is 5. The average molecular weight is 319 g/mol. The molecule has 2 aromatic rings. The van der Waals surface area contributed by atoms with Crippen LogP contribution in [0.4, 0.5) is 5.13 Å². The van der Waals surface area contributed by atoms with Crippen LogP contribution in [0.15, 0.2) is 18.2 Å². The maximum atomic E-state index is 12.8. The van der Waals surface area contributed by atoms with Gasteiger partial charge in [0.25, 0.3) is 0 Å². The highest BCUT2D eigenvalue weighted by atomic mass is 32.1. The van der Waals surface area contributed by atoms with E-state index in [1.165, 1.54) is 11.3 Å². The number of aryl methyl sites for hydroxylation is 1. The fourth-order valence-corrected chi connectivity index (χ4v) is 3.93. The normalized spacial score (nSPS) is 17.5. The van der Waals surface area contributed by atoms with E-state index in [2.05, 4.69) is 15.6 Å². The number of para-hydroxylation sites is 1. The Morgan fingerprint density at radius 2 is 2.23 bits per heavy atom. The number of amides is 1. The average Bonchev–Trinajstić information content (AvgIpc) is 2.92. The molecule has 1 saturated heterocycles. The Balaban J connectivity index is 1.83. The van der Waals surface area contributed by atoms with Crippen LogP contribution in [0, 0.1) is 12.3 Å². The highest BCUT2D eigenvalue weighted by Crippen LogP contribution is 2.33. The van der Waals surface area contributed by atoms with Gasteiger partial charge in [-0.2, -0.15) is 0 Å². The van der Waals surface area contributed by atoms with Gasteiger partial charge in [0.15, 0.2) is 5.13 Å². The van der Waals surface area contributed by atoms with Crippen LogP contribution in [0.25, 0.3) is 10.2 Å². The number of methoxy groups -OCH3 is 1. The molecule has 118 valence electrons. The SMILES string of the molecule is COCC1(C(=O)Nc2nc3c(C)cccc3s2)CCNCC1. The van der Waals surface area contributed by atoms with Crippen LogP contribution in [0.5, 0.6) is 0 Å². The Morgan fingerprint density at radius 3 is 2.91 bits per heavy atom. The Morgan fingerprint density at radius 1 is 1.45 bits per heavy atom. The van der Waals surface area contributed by atoms with Gasteiger partial charge >= 0.3 is 0 Å². The van der Waals surface area contributed by atoms with Gasteiger partial charge in [-0.15, -0.1) is 0 Å². The van der Waals surface area contributed by atoms with Gasteiger partial charge in [-0.3, -0.25) is 4.79 Å². The summed E-state index contributed by atoms with van der Waals surface area (Å²) in [5.41, 5.74) is 1.64. The van der Waals surface area contributed by atoms with Crippen molar-refractivity contribution in [2.75, 3.05) is 32.1 Å². The number of anilines is 1. The summed E-state index contributed by atoms with van der Waals surface area (Å²) < 4.78 is 6.41. The van der Waals surface area contributed by atoms with E-state index in [-0.39, 0.29) is 5.91 Å². The molecular formula is C16H21N3O2S. The molecule has 5 nitrogen and oxygen atoms in total. The molecule has 0 bridgehead atoms. The molecule has 3 rings (SSSR count). The number of carbonyl (C=O) groups excluding carboxylic acids is 1. The molecule has 6 heteroatoms. The number of thiazole rings is 1. The van der Waals surface area contributed by atoms with Crippen molar-refractivity contribution in [2.24, 2.45) is 5.41 Å². The Bertz CT molecular complexity index is 672. The first-order valence-corrected chi connectivity index (χ1v) is 8.33. The fraction of sp³-hybridized carbons (Fsp3) is 0.500. The smallest absolute Gasteiger partial charge is 0.234 e. The number of ether oxygens (including phenoxy) is 1. The molecule has 22 heavy (non-hydrogen) atoms. The third-order valence-electron chi connectivity index (χ3n) is 4.30. The summed E-state index contributed by atoms with van der Waals surface area (Å²) in [6, 6.07) is 6.08. The maximum Gasteiger partial charge on any atom is 0.234 e. The third kappa shape index (κ3) is 2.86. The molecule has 0 radical (unpaired) electrons. The molecule has 0 aliphatic carbocycles. The lowest BCUT2D eigenvalue weighted by Crippen LogP contribution is -2.47. The molecular weight excluding hydrogens is 298 g/mol. The second-order valence-corrected chi connectivity index (χ2v) is 6.89. The number of aromatic nitrogens is 1. The van der Waals surface area contributed by atoms with Crippen molar-refractivity contribution < 1.29 is 9.53 Å². The maximum absolute atomic E-state index is 12.8. The van der Waals surface area contributed by atoms with Crippen LogP contribution < -0.4 is 10.6 Å². The van der Waals surface area contributed by atoms with E-state index in [9.17, 15) is 4.79 Å². The molecule has 1 aromatic carbocycles. The minimum atomic E-state index is -0.451. The highest BCUT2D eigenvalue weighted by Gasteiger charge is 2.40. The first-order valence-electron chi connectivity index (χ1n) is 7.52. The van der Waals surface area contributed by atoms with E-state index in [1.807, 2.05) is 25.1 Å². The molecule has 2 heterocycles. The van der Waals surface area contributed by atoms with Crippen molar-refractivity contribution >= 4 is 32.6 Å². The lowest BCUT2D eigenvalue weighted by molar-refractivity contribution is -0.130. The van der Waals surface area contributed by atoms with Crippen molar-refractivity contribution in [3.05, 3.63) is 23.8 Å². The molecule has 1 aliphatic rings. The van der Waals surface area contributed by atoms with Crippen LogP contribution in [-0.4, -0.2) is 37.7 Å². The standard InChI is InChI=1S/C16H21N3O2S/c1-11-4-3-5-12-13(11)18-15(22-12)19-14(20)16(10-21-2)6-8-17-9-7-16/h3-5,17H,6-10H2,1-2H3,(H,18,19,20). The monoisotopic (exact) mass is 319 g/mol. The Hall–Kier alpha value is -1.50. The summed E-state index contributed by atoms with van der Waals surface area (Å²) >= 11 is 1.52. The molecule has 1 fully saturated rings. The Labute approximate surface area is 134 Å². The third-order valence-corrected chi connectivity index (χ3v) is 5.24. The van der Waals surface area contributed by atoms with Gasteiger partial charge in [0, 0.05) is 7.11 Å². The lowest BCUT2D eigenvalue weighted by Gasteiger charge is -2.35. The second-order valence-electron chi connectivity index (χ2n) is 5.86. The van der Waals surface area contributed by atoms with Crippen LogP contribution in [0.3, 0.4) is 0 Å².